The maximum atomic E-state index is 10.9. The summed E-state index contributed by atoms with van der Waals surface area (Å²) in [5.41, 5.74) is 0. The van der Waals surface area contributed by atoms with Crippen molar-refractivity contribution in [3.05, 3.63) is 0 Å². The molecule has 0 aromatic rings. The number of thiol groups is 1. The van der Waals surface area contributed by atoms with E-state index in [-0.39, 0.29) is 0 Å². The van der Waals surface area contributed by atoms with E-state index in [2.05, 4.69) is 7.81 Å². The molecule has 1 atom stereocenters. The van der Waals surface area contributed by atoms with E-state index in [4.69, 9.17) is 0 Å². The third-order valence-electron chi connectivity index (χ3n) is 0. The van der Waals surface area contributed by atoms with Gasteiger partial charge in [-0.05, 0) is 0 Å². The molecule has 0 nitrogen and oxygen atoms in total. The Morgan fingerprint density at radius 2 is 2.00 bits per heavy atom. The van der Waals surface area contributed by atoms with Crippen LogP contribution in [0, 0.1) is 0 Å². The molecule has 0 aliphatic heterocycles. The van der Waals surface area contributed by atoms with Crippen LogP contribution in [0.15, 0.2) is 0 Å². The average Bonchev–Trinajstić information content (AvgIpc) is 0.811. The van der Waals surface area contributed by atoms with Crippen molar-refractivity contribution >= 4 is 36.4 Å². The Bertz CT molecular complexity index is 54.2. The molecule has 4 heavy (non-hydrogen) atoms. The van der Waals surface area contributed by atoms with Gasteiger partial charge in [0.25, 0.3) is 0 Å². The van der Waals surface area contributed by atoms with E-state index in [0.29, 0.717) is 0 Å². The molecule has 0 aliphatic carbocycles. The molecular weight excluding hydrogens is 209 g/mol. The van der Waals surface area contributed by atoms with E-state index in [9.17, 15) is 3.89 Å². The van der Waals surface area contributed by atoms with E-state index in [1.54, 1.807) is 21.2 Å². The predicted octanol–water partition coefficient (Wildman–Crippen LogP) is 2.55. The molecule has 26 valence electrons. The van der Waals surface area contributed by atoms with Crippen LogP contribution in [-0.4, -0.2) is 0 Å². The molecule has 0 amide bonds. The van der Waals surface area contributed by atoms with Crippen molar-refractivity contribution in [2.45, 2.75) is 0 Å². The first-order valence-electron chi connectivity index (χ1n) is 0.538. The third kappa shape index (κ3) is 9.88. The van der Waals surface area contributed by atoms with Gasteiger partial charge in [-0.15, -0.1) is 0 Å². The summed E-state index contributed by atoms with van der Waals surface area (Å²) in [6, 6.07) is 0. The van der Waals surface area contributed by atoms with Crippen molar-refractivity contribution in [3.63, 3.8) is 0 Å². The van der Waals surface area contributed by atoms with Crippen LogP contribution >= 0.6 is 36.4 Å². The van der Waals surface area contributed by atoms with E-state index >= 15 is 0 Å². The van der Waals surface area contributed by atoms with Gasteiger partial charge in [0.1, 0.15) is 0 Å². The molecule has 0 aromatic heterocycles. The van der Waals surface area contributed by atoms with E-state index in [0.717, 1.165) is 0 Å². The molecule has 0 rings (SSSR count). The van der Waals surface area contributed by atoms with Gasteiger partial charge < -0.3 is 0 Å². The predicted molar refractivity (Wildman–Crippen MR) is 31.0 cm³/mol. The first-order valence-corrected chi connectivity index (χ1v) is 5.71. The fraction of sp³-hybridized carbons (Fsp3) is 0. The van der Waals surface area contributed by atoms with Gasteiger partial charge in [-0.2, -0.15) is 0 Å². The standard InChI is InChI=1S/FHIPS/c1-4(2)3/h4H. The fourth-order valence-electron chi connectivity index (χ4n) is 0. The van der Waals surface area contributed by atoms with Gasteiger partial charge in [0.05, 0.1) is 0 Å². The first kappa shape index (κ1) is 5.44. The molecule has 0 aromatic carbocycles. The van der Waals surface area contributed by atoms with Crippen LogP contribution in [-0.2, 0) is 0 Å². The SMILES string of the molecule is F[SH](#P)I. The van der Waals surface area contributed by atoms with Gasteiger partial charge in [-0.1, -0.05) is 0 Å². The Morgan fingerprint density at radius 1 is 2.00 bits per heavy atom. The topological polar surface area (TPSA) is 0 Å². The normalized spacial score (nSPS) is 15.2. The molecule has 0 saturated heterocycles. The van der Waals surface area contributed by atoms with E-state index in [1.165, 1.54) is 0 Å². The average molecular weight is 210 g/mol. The zero-order chi connectivity index (χ0) is 3.58. The molecule has 0 fully saturated rings. The molecule has 0 spiro atoms. The fourth-order valence-corrected chi connectivity index (χ4v) is 0. The van der Waals surface area contributed by atoms with Crippen molar-refractivity contribution in [1.29, 1.82) is 0 Å². The number of hydrogen-bond acceptors (Lipinski definition) is 0. The molecule has 4 heteroatoms. The Morgan fingerprint density at radius 3 is 2.00 bits per heavy atom. The van der Waals surface area contributed by atoms with Crippen LogP contribution < -0.4 is 0 Å². The van der Waals surface area contributed by atoms with Crippen LogP contribution in [0.3, 0.4) is 0 Å². The monoisotopic (exact) mass is 210 g/mol. The molecule has 1 unspecified atom stereocenters. The molecular formula is HFIPS. The number of rotatable bonds is 0. The molecule has 0 bridgehead atoms. The third-order valence-corrected chi connectivity index (χ3v) is 0. The minimum absolute atomic E-state index is 1.46. The van der Waals surface area contributed by atoms with Crippen molar-refractivity contribution in [1.82, 2.24) is 0 Å². The van der Waals surface area contributed by atoms with Crippen LogP contribution in [0.5, 0.6) is 0 Å². The summed E-state index contributed by atoms with van der Waals surface area (Å²) in [5.74, 6) is 0. The second-order valence-electron chi connectivity index (χ2n) is 0.215. The Balaban J connectivity index is 3.02. The van der Waals surface area contributed by atoms with Crippen molar-refractivity contribution in [2.75, 3.05) is 0 Å². The summed E-state index contributed by atoms with van der Waals surface area (Å²) >= 11 is 1.61. The van der Waals surface area contributed by atoms with Gasteiger partial charge in [-0.3, -0.25) is 0 Å². The van der Waals surface area contributed by atoms with Crippen LogP contribution in [0.25, 0.3) is 0 Å². The Kier molecular flexibility index (Phi) is 3.62. The van der Waals surface area contributed by atoms with Gasteiger partial charge in [0.2, 0.25) is 0 Å². The summed E-state index contributed by atoms with van der Waals surface area (Å²) in [7, 11) is 1.89. The second-order valence-corrected chi connectivity index (χ2v) is 6.53. The second kappa shape index (κ2) is 2.67. The quantitative estimate of drug-likeness (QED) is 0.354. The van der Waals surface area contributed by atoms with Crippen LogP contribution in [0.4, 0.5) is 3.89 Å². The maximum absolute atomic E-state index is 10.9. The zero-order valence-electron chi connectivity index (χ0n) is 1.65. The summed E-state index contributed by atoms with van der Waals surface area (Å²) in [4.78, 5) is 0. The summed E-state index contributed by atoms with van der Waals surface area (Å²) in [6.07, 6.45) is 0. The van der Waals surface area contributed by atoms with E-state index in [1.807, 2.05) is 0 Å². The van der Waals surface area contributed by atoms with Crippen molar-refractivity contribution in [2.24, 2.45) is 0 Å². The van der Waals surface area contributed by atoms with Crippen LogP contribution in [0.2, 0.25) is 0 Å². The van der Waals surface area contributed by atoms with Crippen molar-refractivity contribution < 1.29 is 3.89 Å². The first-order chi connectivity index (χ1) is 1.73. The van der Waals surface area contributed by atoms with Gasteiger partial charge in [0.15, 0.2) is 0 Å². The van der Waals surface area contributed by atoms with Crippen molar-refractivity contribution in [3.8, 4) is 0 Å². The van der Waals surface area contributed by atoms with E-state index < -0.39 is 7.43 Å². The molecule has 0 heterocycles. The number of halogens is 2. The molecule has 0 aliphatic rings. The molecule has 0 radical (unpaired) electrons. The summed E-state index contributed by atoms with van der Waals surface area (Å²) < 4.78 is 10.9. The Hall–Kier alpha value is 1.44. The Labute approximate surface area is 40.4 Å². The number of hydrogen-bond donors (Lipinski definition) is 1. The zero-order valence-corrected chi connectivity index (χ0v) is 5.60. The molecule has 0 N–H and O–H groups in total. The van der Waals surface area contributed by atoms with Crippen LogP contribution in [0.1, 0.15) is 0 Å². The van der Waals surface area contributed by atoms with Gasteiger partial charge >= 0.3 is 40.3 Å². The summed E-state index contributed by atoms with van der Waals surface area (Å²) in [5, 5.41) is 0. The van der Waals surface area contributed by atoms with Gasteiger partial charge in [0, 0.05) is 0 Å². The minimum atomic E-state index is -1.46. The molecule has 0 saturated carbocycles. The summed E-state index contributed by atoms with van der Waals surface area (Å²) in [6.45, 7) is 0. The van der Waals surface area contributed by atoms with Gasteiger partial charge in [-0.25, -0.2) is 0 Å².